The number of nitrogens with zero attached hydrogens (tertiary/aromatic N) is 2. The summed E-state index contributed by atoms with van der Waals surface area (Å²) in [5, 5.41) is 7.09. The van der Waals surface area contributed by atoms with Gasteiger partial charge in [-0.05, 0) is 55.7 Å². The molecule has 2 N–H and O–H groups in total. The Hall–Kier alpha value is -3.00. The second-order valence-electron chi connectivity index (χ2n) is 7.05. The molecule has 0 saturated heterocycles. The second-order valence-corrected chi connectivity index (χ2v) is 7.45. The molecule has 0 aliphatic heterocycles. The molecule has 9 heteroatoms. The van der Waals surface area contributed by atoms with Crippen LogP contribution in [0, 0.1) is 6.92 Å². The molecule has 4 rings (SSSR count). The molecule has 0 bridgehead atoms. The van der Waals surface area contributed by atoms with Crippen LogP contribution in [0.3, 0.4) is 0 Å². The van der Waals surface area contributed by atoms with Crippen molar-refractivity contribution in [3.63, 3.8) is 0 Å². The Balaban J connectivity index is 1.67. The van der Waals surface area contributed by atoms with Crippen LogP contribution >= 0.6 is 11.6 Å². The number of aryl methyl sites for hydroxylation is 1. The lowest BCUT2D eigenvalue weighted by Gasteiger charge is -2.13. The van der Waals surface area contributed by atoms with Gasteiger partial charge in [-0.1, -0.05) is 23.7 Å². The topological polar surface area (TPSA) is 59.1 Å². The van der Waals surface area contributed by atoms with E-state index in [0.29, 0.717) is 34.1 Å². The molecule has 1 aromatic heterocycles. The van der Waals surface area contributed by atoms with Crippen LogP contribution in [-0.4, -0.2) is 22.4 Å². The van der Waals surface area contributed by atoms with Crippen molar-refractivity contribution in [2.45, 2.75) is 32.2 Å². The Labute approximate surface area is 176 Å². The summed E-state index contributed by atoms with van der Waals surface area (Å²) in [7, 11) is 0. The van der Waals surface area contributed by atoms with Crippen LogP contribution < -0.4 is 15.4 Å². The van der Waals surface area contributed by atoms with Gasteiger partial charge >= 0.3 is 6.36 Å². The van der Waals surface area contributed by atoms with Crippen molar-refractivity contribution in [1.29, 1.82) is 0 Å². The number of rotatable bonds is 6. The maximum Gasteiger partial charge on any atom is 0.573 e. The zero-order chi connectivity index (χ0) is 21.3. The summed E-state index contributed by atoms with van der Waals surface area (Å²) >= 11 is 6.08. The highest BCUT2D eigenvalue weighted by Gasteiger charge is 2.31. The van der Waals surface area contributed by atoms with Crippen molar-refractivity contribution in [3.8, 4) is 17.0 Å². The number of halogens is 4. The summed E-state index contributed by atoms with van der Waals surface area (Å²) in [6.45, 7) is 1.89. The summed E-state index contributed by atoms with van der Waals surface area (Å²) in [5.41, 5.74) is 2.64. The van der Waals surface area contributed by atoms with Gasteiger partial charge in [-0.2, -0.15) is 4.98 Å². The first-order chi connectivity index (χ1) is 14.2. The van der Waals surface area contributed by atoms with Crippen LogP contribution in [0.2, 0.25) is 5.02 Å². The van der Waals surface area contributed by atoms with Gasteiger partial charge in [0, 0.05) is 28.4 Å². The zero-order valence-corrected chi connectivity index (χ0v) is 16.7. The molecule has 5 nitrogen and oxygen atoms in total. The highest BCUT2D eigenvalue weighted by molar-refractivity contribution is 6.31. The lowest BCUT2D eigenvalue weighted by Crippen LogP contribution is -2.17. The van der Waals surface area contributed by atoms with E-state index in [2.05, 4.69) is 25.3 Å². The highest BCUT2D eigenvalue weighted by atomic mass is 35.5. The first-order valence-electron chi connectivity index (χ1n) is 9.30. The van der Waals surface area contributed by atoms with Crippen LogP contribution in [0.4, 0.5) is 30.6 Å². The molecule has 156 valence electrons. The van der Waals surface area contributed by atoms with E-state index < -0.39 is 6.36 Å². The van der Waals surface area contributed by atoms with E-state index in [-0.39, 0.29) is 5.75 Å². The molecule has 3 aromatic rings. The van der Waals surface area contributed by atoms with Crippen molar-refractivity contribution in [2.24, 2.45) is 0 Å². The molecule has 1 aliphatic rings. The minimum atomic E-state index is -4.76. The standard InChI is InChI=1S/C21H18ClF3N4O/c1-12-9-15(7-8-17(12)22)26-19-11-18(28-20(29-19)27-14-5-6-14)13-3-2-4-16(10-13)30-21(23,24)25/h2-4,7-11,14H,5-6H2,1H3,(H2,26,27,28,29). The molecular weight excluding hydrogens is 417 g/mol. The number of anilines is 3. The summed E-state index contributed by atoms with van der Waals surface area (Å²) in [4.78, 5) is 8.97. The quantitative estimate of drug-likeness (QED) is 0.475. The number of alkyl halides is 3. The SMILES string of the molecule is Cc1cc(Nc2cc(-c3cccc(OC(F)(F)F)c3)nc(NC3CC3)n2)ccc1Cl. The molecule has 0 radical (unpaired) electrons. The molecule has 0 unspecified atom stereocenters. The highest BCUT2D eigenvalue weighted by Crippen LogP contribution is 2.31. The average molecular weight is 435 g/mol. The van der Waals surface area contributed by atoms with Crippen molar-refractivity contribution in [2.75, 3.05) is 10.6 Å². The van der Waals surface area contributed by atoms with Gasteiger partial charge in [0.15, 0.2) is 0 Å². The number of nitrogens with one attached hydrogen (secondary N) is 2. The smallest absolute Gasteiger partial charge is 0.406 e. The van der Waals surface area contributed by atoms with Gasteiger partial charge in [-0.3, -0.25) is 0 Å². The summed E-state index contributed by atoms with van der Waals surface area (Å²) in [5.74, 6) is 0.607. The van der Waals surface area contributed by atoms with E-state index in [1.165, 1.54) is 18.2 Å². The first-order valence-corrected chi connectivity index (χ1v) is 9.68. The Morgan fingerprint density at radius 3 is 2.57 bits per heavy atom. The molecule has 0 amide bonds. The summed E-state index contributed by atoms with van der Waals surface area (Å²) in [6, 6.07) is 13.2. The van der Waals surface area contributed by atoms with Crippen molar-refractivity contribution >= 4 is 29.1 Å². The normalized spacial score (nSPS) is 13.8. The van der Waals surface area contributed by atoms with E-state index in [4.69, 9.17) is 11.6 Å². The predicted molar refractivity (Wildman–Crippen MR) is 110 cm³/mol. The lowest BCUT2D eigenvalue weighted by atomic mass is 10.1. The maximum atomic E-state index is 12.6. The van der Waals surface area contributed by atoms with E-state index in [0.717, 1.165) is 24.1 Å². The predicted octanol–water partition coefficient (Wildman–Crippen LogP) is 6.32. The van der Waals surface area contributed by atoms with Gasteiger partial charge in [-0.15, -0.1) is 13.2 Å². The number of aromatic nitrogens is 2. The fourth-order valence-electron chi connectivity index (χ4n) is 2.86. The number of hydrogen-bond donors (Lipinski definition) is 2. The Morgan fingerprint density at radius 1 is 1.07 bits per heavy atom. The number of ether oxygens (including phenoxy) is 1. The lowest BCUT2D eigenvalue weighted by molar-refractivity contribution is -0.274. The molecule has 30 heavy (non-hydrogen) atoms. The minimum Gasteiger partial charge on any atom is -0.406 e. The number of benzene rings is 2. The Kier molecular flexibility index (Phi) is 5.42. The van der Waals surface area contributed by atoms with Gasteiger partial charge in [0.2, 0.25) is 5.95 Å². The fourth-order valence-corrected chi connectivity index (χ4v) is 2.97. The van der Waals surface area contributed by atoms with Crippen molar-refractivity contribution < 1.29 is 17.9 Å². The molecule has 1 fully saturated rings. The largest absolute Gasteiger partial charge is 0.573 e. The zero-order valence-electron chi connectivity index (χ0n) is 15.9. The monoisotopic (exact) mass is 434 g/mol. The fraction of sp³-hybridized carbons (Fsp3) is 0.238. The van der Waals surface area contributed by atoms with E-state index in [1.807, 2.05) is 19.1 Å². The van der Waals surface area contributed by atoms with Crippen LogP contribution in [0.5, 0.6) is 5.75 Å². The van der Waals surface area contributed by atoms with Gasteiger partial charge in [0.1, 0.15) is 11.6 Å². The second kappa shape index (κ2) is 8.02. The van der Waals surface area contributed by atoms with E-state index in [1.54, 1.807) is 18.2 Å². The van der Waals surface area contributed by atoms with Gasteiger partial charge in [-0.25, -0.2) is 4.98 Å². The Bertz CT molecular complexity index is 1070. The van der Waals surface area contributed by atoms with E-state index >= 15 is 0 Å². The molecule has 2 aromatic carbocycles. The van der Waals surface area contributed by atoms with E-state index in [9.17, 15) is 13.2 Å². The molecule has 1 aliphatic carbocycles. The van der Waals surface area contributed by atoms with Crippen LogP contribution in [-0.2, 0) is 0 Å². The Morgan fingerprint density at radius 2 is 1.87 bits per heavy atom. The summed E-state index contributed by atoms with van der Waals surface area (Å²) in [6.07, 6.45) is -2.70. The third-order valence-electron chi connectivity index (χ3n) is 4.43. The maximum absolute atomic E-state index is 12.6. The minimum absolute atomic E-state index is 0.307. The molecule has 1 saturated carbocycles. The average Bonchev–Trinajstić information content (AvgIpc) is 3.47. The molecule has 1 heterocycles. The van der Waals surface area contributed by atoms with Crippen molar-refractivity contribution in [3.05, 3.63) is 59.1 Å². The van der Waals surface area contributed by atoms with Crippen LogP contribution in [0.1, 0.15) is 18.4 Å². The van der Waals surface area contributed by atoms with Gasteiger partial charge < -0.3 is 15.4 Å². The van der Waals surface area contributed by atoms with Crippen LogP contribution in [0.25, 0.3) is 11.3 Å². The van der Waals surface area contributed by atoms with Crippen LogP contribution in [0.15, 0.2) is 48.5 Å². The molecular formula is C21H18ClF3N4O. The number of hydrogen-bond acceptors (Lipinski definition) is 5. The molecule has 0 spiro atoms. The van der Waals surface area contributed by atoms with Gasteiger partial charge in [0.05, 0.1) is 5.69 Å². The van der Waals surface area contributed by atoms with Gasteiger partial charge in [0.25, 0.3) is 0 Å². The molecule has 0 atom stereocenters. The van der Waals surface area contributed by atoms with Crippen molar-refractivity contribution in [1.82, 2.24) is 9.97 Å². The first kappa shape index (κ1) is 20.3. The summed E-state index contributed by atoms with van der Waals surface area (Å²) < 4.78 is 41.8. The third kappa shape index (κ3) is 5.33. The third-order valence-corrected chi connectivity index (χ3v) is 4.85.